The molecule has 2 aromatic carbocycles. The van der Waals surface area contributed by atoms with E-state index in [1.165, 1.54) is 30.0 Å². The zero-order valence-corrected chi connectivity index (χ0v) is 17.7. The second-order valence-electron chi connectivity index (χ2n) is 6.28. The maximum atomic E-state index is 12.4. The van der Waals surface area contributed by atoms with Crippen LogP contribution in [0.25, 0.3) is 0 Å². The Kier molecular flexibility index (Phi) is 7.20. The third-order valence-corrected chi connectivity index (χ3v) is 5.80. The number of thioether (sulfide) groups is 1. The van der Waals surface area contributed by atoms with Gasteiger partial charge in [-0.1, -0.05) is 59.5 Å². The van der Waals surface area contributed by atoms with E-state index in [0.717, 1.165) is 11.3 Å². The summed E-state index contributed by atoms with van der Waals surface area (Å²) in [6, 6.07) is 17.2. The molecule has 7 nitrogen and oxygen atoms in total. The summed E-state index contributed by atoms with van der Waals surface area (Å²) < 4.78 is 0.715. The zero-order valence-electron chi connectivity index (χ0n) is 16.1. The summed E-state index contributed by atoms with van der Waals surface area (Å²) in [5.41, 5.74) is 2.59. The normalized spacial score (nSPS) is 10.4. The van der Waals surface area contributed by atoms with E-state index in [-0.39, 0.29) is 11.8 Å². The van der Waals surface area contributed by atoms with Crippen molar-refractivity contribution >= 4 is 51.4 Å². The molecule has 0 aliphatic heterocycles. The van der Waals surface area contributed by atoms with Crippen LogP contribution in [0.1, 0.15) is 12.5 Å². The number of carbonyl (C=O) groups excluding carboxylic acids is 2. The molecule has 29 heavy (non-hydrogen) atoms. The summed E-state index contributed by atoms with van der Waals surface area (Å²) in [7, 11) is 1.80. The van der Waals surface area contributed by atoms with Crippen LogP contribution in [-0.2, 0) is 16.1 Å². The largest absolute Gasteiger partial charge is 0.341 e. The molecule has 0 saturated heterocycles. The first-order valence-corrected chi connectivity index (χ1v) is 10.7. The van der Waals surface area contributed by atoms with Gasteiger partial charge in [-0.2, -0.15) is 0 Å². The maximum absolute atomic E-state index is 12.4. The van der Waals surface area contributed by atoms with Crippen LogP contribution >= 0.6 is 23.1 Å². The Hall–Kier alpha value is -2.91. The van der Waals surface area contributed by atoms with E-state index in [9.17, 15) is 9.59 Å². The van der Waals surface area contributed by atoms with E-state index in [1.54, 1.807) is 11.9 Å². The van der Waals surface area contributed by atoms with Gasteiger partial charge < -0.3 is 15.5 Å². The van der Waals surface area contributed by atoms with Gasteiger partial charge in [0.05, 0.1) is 5.75 Å². The first-order valence-electron chi connectivity index (χ1n) is 8.88. The summed E-state index contributed by atoms with van der Waals surface area (Å²) in [6.45, 7) is 2.04. The van der Waals surface area contributed by atoms with Crippen molar-refractivity contribution in [3.05, 3.63) is 60.2 Å². The highest BCUT2D eigenvalue weighted by Gasteiger charge is 2.12. The zero-order chi connectivity index (χ0) is 20.6. The number of nitrogens with zero attached hydrogens (tertiary/aromatic N) is 3. The third kappa shape index (κ3) is 6.58. The van der Waals surface area contributed by atoms with Crippen molar-refractivity contribution in [2.24, 2.45) is 0 Å². The predicted molar refractivity (Wildman–Crippen MR) is 118 cm³/mol. The van der Waals surface area contributed by atoms with Gasteiger partial charge in [-0.15, -0.1) is 10.2 Å². The molecule has 2 N–H and O–H groups in total. The van der Waals surface area contributed by atoms with E-state index in [2.05, 4.69) is 20.8 Å². The minimum absolute atomic E-state index is 0.0339. The van der Waals surface area contributed by atoms with Crippen molar-refractivity contribution < 1.29 is 9.59 Å². The minimum Gasteiger partial charge on any atom is -0.341 e. The lowest BCUT2D eigenvalue weighted by atomic mass is 10.2. The Morgan fingerprint density at radius 3 is 2.59 bits per heavy atom. The summed E-state index contributed by atoms with van der Waals surface area (Å²) in [4.78, 5) is 25.2. The molecule has 0 atom stereocenters. The topological polar surface area (TPSA) is 87.2 Å². The van der Waals surface area contributed by atoms with Crippen molar-refractivity contribution in [3.8, 4) is 0 Å². The Labute approximate surface area is 177 Å². The SMILES string of the molecule is CC(=O)Nc1cccc(Nc2nnc(SCC(=O)N(C)Cc3ccccc3)s2)c1. The van der Waals surface area contributed by atoms with Gasteiger partial charge >= 0.3 is 0 Å². The Balaban J connectivity index is 1.51. The van der Waals surface area contributed by atoms with Gasteiger partial charge in [-0.05, 0) is 23.8 Å². The number of carbonyl (C=O) groups is 2. The fourth-order valence-corrected chi connectivity index (χ4v) is 4.21. The molecule has 0 spiro atoms. The smallest absolute Gasteiger partial charge is 0.233 e. The monoisotopic (exact) mass is 427 g/mol. The molecule has 2 amide bonds. The van der Waals surface area contributed by atoms with Gasteiger partial charge in [0.2, 0.25) is 16.9 Å². The van der Waals surface area contributed by atoms with Gasteiger partial charge in [-0.25, -0.2) is 0 Å². The molecule has 3 aromatic rings. The molecule has 0 aliphatic rings. The standard InChI is InChI=1S/C20H21N5O2S2/c1-14(26)21-16-9-6-10-17(11-16)22-19-23-24-20(29-19)28-13-18(27)25(2)12-15-7-4-3-5-8-15/h3-11H,12-13H2,1-2H3,(H,21,26)(H,22,23). The summed E-state index contributed by atoms with van der Waals surface area (Å²) >= 11 is 2.74. The van der Waals surface area contributed by atoms with Gasteiger partial charge in [0.1, 0.15) is 0 Å². The van der Waals surface area contributed by atoms with Crippen LogP contribution < -0.4 is 10.6 Å². The highest BCUT2D eigenvalue weighted by molar-refractivity contribution is 8.01. The fourth-order valence-electron chi connectivity index (χ4n) is 2.50. The molecule has 0 radical (unpaired) electrons. The average molecular weight is 428 g/mol. The van der Waals surface area contributed by atoms with Crippen LogP contribution in [-0.4, -0.2) is 39.7 Å². The number of nitrogens with one attached hydrogen (secondary N) is 2. The molecule has 0 fully saturated rings. The average Bonchev–Trinajstić information content (AvgIpc) is 3.14. The van der Waals surface area contributed by atoms with Crippen LogP contribution in [0.2, 0.25) is 0 Å². The third-order valence-electron chi connectivity index (χ3n) is 3.85. The van der Waals surface area contributed by atoms with Crippen LogP contribution in [0.15, 0.2) is 58.9 Å². The van der Waals surface area contributed by atoms with Crippen LogP contribution in [0.5, 0.6) is 0 Å². The first-order chi connectivity index (χ1) is 14.0. The Bertz CT molecular complexity index is 978. The van der Waals surface area contributed by atoms with Gasteiger partial charge in [-0.3, -0.25) is 9.59 Å². The number of aromatic nitrogens is 2. The van der Waals surface area contributed by atoms with Crippen molar-refractivity contribution in [1.29, 1.82) is 0 Å². The van der Waals surface area contributed by atoms with Crippen LogP contribution in [0.3, 0.4) is 0 Å². The molecule has 9 heteroatoms. The fraction of sp³-hybridized carbons (Fsp3) is 0.200. The Morgan fingerprint density at radius 2 is 1.83 bits per heavy atom. The molecular weight excluding hydrogens is 406 g/mol. The summed E-state index contributed by atoms with van der Waals surface area (Å²) in [5.74, 6) is 0.209. The molecular formula is C20H21N5O2S2. The highest BCUT2D eigenvalue weighted by Crippen LogP contribution is 2.28. The molecule has 0 saturated carbocycles. The number of amides is 2. The lowest BCUT2D eigenvalue weighted by molar-refractivity contribution is -0.127. The Morgan fingerprint density at radius 1 is 1.07 bits per heavy atom. The van der Waals surface area contributed by atoms with Crippen molar-refractivity contribution in [3.63, 3.8) is 0 Å². The molecule has 0 unspecified atom stereocenters. The number of hydrogen-bond donors (Lipinski definition) is 2. The van der Waals surface area contributed by atoms with Crippen molar-refractivity contribution in [1.82, 2.24) is 15.1 Å². The number of benzene rings is 2. The molecule has 3 rings (SSSR count). The second kappa shape index (κ2) is 10.0. The lowest BCUT2D eigenvalue weighted by Crippen LogP contribution is -2.27. The highest BCUT2D eigenvalue weighted by atomic mass is 32.2. The van der Waals surface area contributed by atoms with E-state index >= 15 is 0 Å². The van der Waals surface area contributed by atoms with Gasteiger partial charge in [0.15, 0.2) is 4.34 Å². The first kappa shape index (κ1) is 20.8. The number of anilines is 3. The second-order valence-corrected chi connectivity index (χ2v) is 8.48. The number of hydrogen-bond acceptors (Lipinski definition) is 7. The van der Waals surface area contributed by atoms with Crippen molar-refractivity contribution in [2.75, 3.05) is 23.4 Å². The summed E-state index contributed by atoms with van der Waals surface area (Å²) in [6.07, 6.45) is 0. The quantitative estimate of drug-likeness (QED) is 0.529. The predicted octanol–water partition coefficient (Wildman–Crippen LogP) is 3.99. The molecule has 150 valence electrons. The molecule has 0 bridgehead atoms. The van der Waals surface area contributed by atoms with E-state index < -0.39 is 0 Å². The van der Waals surface area contributed by atoms with Crippen LogP contribution in [0.4, 0.5) is 16.5 Å². The maximum Gasteiger partial charge on any atom is 0.233 e. The van der Waals surface area contributed by atoms with Crippen LogP contribution in [0, 0.1) is 0 Å². The summed E-state index contributed by atoms with van der Waals surface area (Å²) in [5, 5.41) is 14.8. The lowest BCUT2D eigenvalue weighted by Gasteiger charge is -2.16. The van der Waals surface area contributed by atoms with E-state index in [1.807, 2.05) is 54.6 Å². The van der Waals surface area contributed by atoms with Crippen molar-refractivity contribution in [2.45, 2.75) is 17.8 Å². The molecule has 1 heterocycles. The molecule has 1 aromatic heterocycles. The van der Waals surface area contributed by atoms with Gasteiger partial charge in [0.25, 0.3) is 0 Å². The number of rotatable bonds is 8. The van der Waals surface area contributed by atoms with Gasteiger partial charge in [0, 0.05) is 31.9 Å². The minimum atomic E-state index is -0.126. The molecule has 0 aliphatic carbocycles. The van der Waals surface area contributed by atoms with E-state index in [0.29, 0.717) is 27.5 Å². The van der Waals surface area contributed by atoms with E-state index in [4.69, 9.17) is 0 Å².